The number of nitrogens with one attached hydrogen (secondary N) is 1. The highest BCUT2D eigenvalue weighted by Crippen LogP contribution is 2.33. The Morgan fingerprint density at radius 3 is 2.29 bits per heavy atom. The average Bonchev–Trinajstić information content (AvgIpc) is 2.87. The first-order chi connectivity index (χ1) is 16.3. The van der Waals surface area contributed by atoms with Crippen LogP contribution < -0.4 is 14.8 Å². The van der Waals surface area contributed by atoms with Crippen LogP contribution in [0.2, 0.25) is 0 Å². The second-order valence-electron chi connectivity index (χ2n) is 7.94. The SMILES string of the molecule is COC(=O)c1ccccc1NC(=O)CN(C1CCCCC1)S(=O)(=O)c1ccc(OC)c(OC)c1. The van der Waals surface area contributed by atoms with Crippen LogP contribution in [0.3, 0.4) is 0 Å². The molecule has 0 aliphatic heterocycles. The van der Waals surface area contributed by atoms with Gasteiger partial charge in [-0.05, 0) is 37.1 Å². The van der Waals surface area contributed by atoms with Gasteiger partial charge in [0.15, 0.2) is 11.5 Å². The highest BCUT2D eigenvalue weighted by molar-refractivity contribution is 7.89. The maximum absolute atomic E-state index is 13.7. The number of esters is 1. The van der Waals surface area contributed by atoms with Crippen molar-refractivity contribution in [2.45, 2.75) is 43.0 Å². The topological polar surface area (TPSA) is 111 Å². The Morgan fingerprint density at radius 1 is 0.971 bits per heavy atom. The molecule has 34 heavy (non-hydrogen) atoms. The summed E-state index contributed by atoms with van der Waals surface area (Å²) in [7, 11) is 0.119. The highest BCUT2D eigenvalue weighted by atomic mass is 32.2. The van der Waals surface area contributed by atoms with Gasteiger partial charge in [0.25, 0.3) is 0 Å². The van der Waals surface area contributed by atoms with E-state index in [4.69, 9.17) is 14.2 Å². The molecule has 0 aromatic heterocycles. The van der Waals surface area contributed by atoms with Gasteiger partial charge >= 0.3 is 5.97 Å². The molecule has 0 saturated heterocycles. The monoisotopic (exact) mass is 490 g/mol. The van der Waals surface area contributed by atoms with Gasteiger partial charge in [-0.15, -0.1) is 0 Å². The number of anilines is 1. The van der Waals surface area contributed by atoms with Gasteiger partial charge in [-0.1, -0.05) is 31.4 Å². The summed E-state index contributed by atoms with van der Waals surface area (Å²) in [5, 5.41) is 2.67. The number of hydrogen-bond acceptors (Lipinski definition) is 7. The van der Waals surface area contributed by atoms with E-state index in [2.05, 4.69) is 5.32 Å². The van der Waals surface area contributed by atoms with E-state index in [0.29, 0.717) is 18.6 Å². The number of hydrogen-bond donors (Lipinski definition) is 1. The third-order valence-corrected chi connectivity index (χ3v) is 7.74. The molecule has 0 heterocycles. The van der Waals surface area contributed by atoms with Crippen molar-refractivity contribution in [3.05, 3.63) is 48.0 Å². The molecule has 2 aromatic rings. The molecule has 184 valence electrons. The first-order valence-corrected chi connectivity index (χ1v) is 12.5. The number of para-hydroxylation sites is 1. The largest absolute Gasteiger partial charge is 0.493 e. The van der Waals surface area contributed by atoms with E-state index in [9.17, 15) is 18.0 Å². The molecule has 1 amide bonds. The van der Waals surface area contributed by atoms with Gasteiger partial charge in [0, 0.05) is 12.1 Å². The Balaban J connectivity index is 1.91. The van der Waals surface area contributed by atoms with Crippen LogP contribution >= 0.6 is 0 Å². The lowest BCUT2D eigenvalue weighted by Crippen LogP contribution is -2.45. The summed E-state index contributed by atoms with van der Waals surface area (Å²) >= 11 is 0. The molecule has 0 unspecified atom stereocenters. The van der Waals surface area contributed by atoms with E-state index in [1.165, 1.54) is 49.9 Å². The first-order valence-electron chi connectivity index (χ1n) is 11.0. The summed E-state index contributed by atoms with van der Waals surface area (Å²) in [5.74, 6) is -0.463. The van der Waals surface area contributed by atoms with Crippen LogP contribution in [0.1, 0.15) is 42.5 Å². The molecule has 2 aromatic carbocycles. The van der Waals surface area contributed by atoms with Gasteiger partial charge < -0.3 is 19.5 Å². The molecular formula is C24H30N2O7S. The molecule has 0 atom stereocenters. The van der Waals surface area contributed by atoms with Crippen LogP contribution in [0.4, 0.5) is 5.69 Å². The van der Waals surface area contributed by atoms with Crippen molar-refractivity contribution in [1.29, 1.82) is 0 Å². The average molecular weight is 491 g/mol. The molecule has 0 radical (unpaired) electrons. The number of rotatable bonds is 9. The Kier molecular flexibility index (Phi) is 8.51. The summed E-state index contributed by atoms with van der Waals surface area (Å²) in [5.41, 5.74) is 0.441. The van der Waals surface area contributed by atoms with Gasteiger partial charge in [0.05, 0.1) is 44.0 Å². The summed E-state index contributed by atoms with van der Waals surface area (Å²) in [6.45, 7) is -0.392. The summed E-state index contributed by atoms with van der Waals surface area (Å²) in [4.78, 5) is 25.1. The van der Waals surface area contributed by atoms with Crippen molar-refractivity contribution in [1.82, 2.24) is 4.31 Å². The summed E-state index contributed by atoms with van der Waals surface area (Å²) in [6, 6.07) is 10.5. The van der Waals surface area contributed by atoms with Crippen molar-refractivity contribution >= 4 is 27.6 Å². The molecule has 10 heteroatoms. The molecule has 9 nitrogen and oxygen atoms in total. The molecule has 1 N–H and O–H groups in total. The number of ether oxygens (including phenoxy) is 3. The number of carbonyl (C=O) groups is 2. The molecule has 1 aliphatic rings. The summed E-state index contributed by atoms with van der Waals surface area (Å²) < 4.78 is 43.9. The maximum atomic E-state index is 13.7. The molecular weight excluding hydrogens is 460 g/mol. The van der Waals surface area contributed by atoms with Gasteiger partial charge in [-0.3, -0.25) is 4.79 Å². The minimum atomic E-state index is -4.03. The minimum Gasteiger partial charge on any atom is -0.493 e. The normalized spacial score (nSPS) is 14.5. The van der Waals surface area contributed by atoms with Gasteiger partial charge in [-0.25, -0.2) is 13.2 Å². The number of sulfonamides is 1. The lowest BCUT2D eigenvalue weighted by Gasteiger charge is -2.33. The van der Waals surface area contributed by atoms with Crippen molar-refractivity contribution < 1.29 is 32.2 Å². The van der Waals surface area contributed by atoms with Crippen LogP contribution in [0.25, 0.3) is 0 Å². The van der Waals surface area contributed by atoms with Crippen molar-refractivity contribution in [2.24, 2.45) is 0 Å². The first kappa shape index (κ1) is 25.5. The van der Waals surface area contributed by atoms with Crippen molar-refractivity contribution in [3.8, 4) is 11.5 Å². The van der Waals surface area contributed by atoms with E-state index in [-0.39, 0.29) is 27.9 Å². The lowest BCUT2D eigenvalue weighted by atomic mass is 9.95. The zero-order chi connectivity index (χ0) is 24.7. The van der Waals surface area contributed by atoms with Gasteiger partial charge in [0.1, 0.15) is 0 Å². The maximum Gasteiger partial charge on any atom is 0.339 e. The standard InChI is InChI=1S/C24H30N2O7S/c1-31-21-14-13-18(15-22(21)32-2)34(29,30)26(17-9-5-4-6-10-17)16-23(27)25-20-12-8-7-11-19(20)24(28)33-3/h7-8,11-15,17H,4-6,9-10,16H2,1-3H3,(H,25,27). The van der Waals surface area contributed by atoms with Crippen molar-refractivity contribution in [2.75, 3.05) is 33.2 Å². The predicted molar refractivity (Wildman–Crippen MR) is 127 cm³/mol. The fourth-order valence-corrected chi connectivity index (χ4v) is 5.76. The quantitative estimate of drug-likeness (QED) is 0.536. The Labute approximate surface area is 200 Å². The second kappa shape index (κ2) is 11.3. The highest BCUT2D eigenvalue weighted by Gasteiger charge is 2.34. The third-order valence-electron chi connectivity index (χ3n) is 5.85. The van der Waals surface area contributed by atoms with Crippen LogP contribution in [0.5, 0.6) is 11.5 Å². The van der Waals surface area contributed by atoms with Crippen LogP contribution in [-0.2, 0) is 19.6 Å². The van der Waals surface area contributed by atoms with E-state index < -0.39 is 28.4 Å². The van der Waals surface area contributed by atoms with Crippen LogP contribution in [0.15, 0.2) is 47.4 Å². The van der Waals surface area contributed by atoms with Gasteiger partial charge in [-0.2, -0.15) is 4.31 Å². The molecule has 1 saturated carbocycles. The fourth-order valence-electron chi connectivity index (χ4n) is 4.10. The summed E-state index contributed by atoms with van der Waals surface area (Å²) in [6.07, 6.45) is 4.13. The number of nitrogens with zero attached hydrogens (tertiary/aromatic N) is 1. The molecule has 3 rings (SSSR count). The Hall–Kier alpha value is -3.11. The Morgan fingerprint density at radius 2 is 1.65 bits per heavy atom. The van der Waals surface area contributed by atoms with E-state index in [1.807, 2.05) is 0 Å². The van der Waals surface area contributed by atoms with Gasteiger partial charge in [0.2, 0.25) is 15.9 Å². The number of carbonyl (C=O) groups excluding carboxylic acids is 2. The lowest BCUT2D eigenvalue weighted by molar-refractivity contribution is -0.116. The minimum absolute atomic E-state index is 0.0125. The van der Waals surface area contributed by atoms with Crippen molar-refractivity contribution in [3.63, 3.8) is 0 Å². The molecule has 0 bridgehead atoms. The number of methoxy groups -OCH3 is 3. The Bertz CT molecular complexity index is 1130. The molecule has 1 fully saturated rings. The smallest absolute Gasteiger partial charge is 0.339 e. The molecule has 0 spiro atoms. The van der Waals surface area contributed by atoms with Crippen LogP contribution in [0, 0.1) is 0 Å². The van der Waals surface area contributed by atoms with E-state index in [0.717, 1.165) is 19.3 Å². The third kappa shape index (κ3) is 5.68. The van der Waals surface area contributed by atoms with Crippen LogP contribution in [-0.4, -0.2) is 58.5 Å². The van der Waals surface area contributed by atoms with E-state index >= 15 is 0 Å². The number of benzene rings is 2. The zero-order valence-electron chi connectivity index (χ0n) is 19.6. The zero-order valence-corrected chi connectivity index (χ0v) is 20.4. The predicted octanol–water partition coefficient (Wildman–Crippen LogP) is 3.45. The second-order valence-corrected chi connectivity index (χ2v) is 9.83. The number of amides is 1. The fraction of sp³-hybridized carbons (Fsp3) is 0.417. The van der Waals surface area contributed by atoms with E-state index in [1.54, 1.807) is 18.2 Å². The molecule has 1 aliphatic carbocycles.